The zero-order chi connectivity index (χ0) is 20.1. The van der Waals surface area contributed by atoms with E-state index in [1.165, 1.54) is 6.20 Å². The number of rotatable bonds is 6. The molecule has 1 aromatic heterocycles. The van der Waals surface area contributed by atoms with Crippen LogP contribution in [0.3, 0.4) is 0 Å². The minimum absolute atomic E-state index is 0.0538. The third-order valence-corrected chi connectivity index (χ3v) is 5.21. The van der Waals surface area contributed by atoms with Crippen LogP contribution in [-0.4, -0.2) is 41.6 Å². The maximum atomic E-state index is 13.4. The van der Waals surface area contributed by atoms with Crippen LogP contribution in [0.15, 0.2) is 71.7 Å². The van der Waals surface area contributed by atoms with Gasteiger partial charge in [-0.05, 0) is 24.5 Å². The number of hydrogen-bond donors (Lipinski definition) is 1. The van der Waals surface area contributed by atoms with Crippen molar-refractivity contribution in [1.82, 2.24) is 9.88 Å². The lowest BCUT2D eigenvalue weighted by molar-refractivity contribution is 0.0555. The number of H-pyrrole nitrogens is 1. The number of carbonyl (C=O) groups is 1. The molecule has 1 N–H and O–H groups in total. The molecule has 1 amide bonds. The molecule has 1 atom stereocenters. The third-order valence-electron chi connectivity index (χ3n) is 5.21. The Bertz CT molecular complexity index is 1070. The van der Waals surface area contributed by atoms with Gasteiger partial charge in [0.15, 0.2) is 0 Å². The molecule has 5 nitrogen and oxygen atoms in total. The number of aromatic nitrogens is 1. The van der Waals surface area contributed by atoms with E-state index in [1.807, 2.05) is 54.6 Å². The number of amides is 1. The van der Waals surface area contributed by atoms with Gasteiger partial charge in [-0.1, -0.05) is 60.7 Å². The van der Waals surface area contributed by atoms with E-state index >= 15 is 0 Å². The summed E-state index contributed by atoms with van der Waals surface area (Å²) in [5.41, 5.74) is 1.41. The molecule has 5 heteroatoms. The van der Waals surface area contributed by atoms with Crippen LogP contribution in [0.1, 0.15) is 28.8 Å². The number of carbonyl (C=O) groups excluding carboxylic acids is 1. The molecule has 2 aromatic carbocycles. The van der Waals surface area contributed by atoms with Crippen LogP contribution < -0.4 is 5.56 Å². The molecule has 0 bridgehead atoms. The van der Waals surface area contributed by atoms with E-state index in [0.717, 1.165) is 25.0 Å². The summed E-state index contributed by atoms with van der Waals surface area (Å²) in [5, 5.41) is 1.20. The maximum Gasteiger partial charge on any atom is 0.256 e. The number of benzene rings is 2. The lowest BCUT2D eigenvalue weighted by Gasteiger charge is -2.25. The first-order valence-corrected chi connectivity index (χ1v) is 9.95. The predicted octanol–water partition coefficient (Wildman–Crippen LogP) is 3.86. The molecule has 1 unspecified atom stereocenters. The van der Waals surface area contributed by atoms with E-state index < -0.39 is 0 Å². The van der Waals surface area contributed by atoms with Gasteiger partial charge in [0.2, 0.25) is 0 Å². The summed E-state index contributed by atoms with van der Waals surface area (Å²) < 4.78 is 5.76. The van der Waals surface area contributed by atoms with E-state index in [2.05, 4.69) is 4.98 Å². The molecule has 29 heavy (non-hydrogen) atoms. The van der Waals surface area contributed by atoms with Crippen LogP contribution in [0, 0.1) is 0 Å². The molecule has 1 aliphatic heterocycles. The molecule has 4 rings (SSSR count). The topological polar surface area (TPSA) is 62.4 Å². The van der Waals surface area contributed by atoms with Crippen molar-refractivity contribution in [2.45, 2.75) is 18.9 Å². The van der Waals surface area contributed by atoms with Crippen LogP contribution in [0.4, 0.5) is 0 Å². The fraction of sp³-hybridized carbons (Fsp3) is 0.250. The Morgan fingerprint density at radius 1 is 1.10 bits per heavy atom. The van der Waals surface area contributed by atoms with Crippen LogP contribution in [0.5, 0.6) is 0 Å². The van der Waals surface area contributed by atoms with Crippen molar-refractivity contribution < 1.29 is 9.53 Å². The molecule has 0 spiro atoms. The fourth-order valence-corrected chi connectivity index (χ4v) is 3.71. The molecular weight excluding hydrogens is 364 g/mol. The summed E-state index contributed by atoms with van der Waals surface area (Å²) in [6.45, 7) is 1.75. The van der Waals surface area contributed by atoms with E-state index in [0.29, 0.717) is 29.4 Å². The Morgan fingerprint density at radius 3 is 2.62 bits per heavy atom. The Kier molecular flexibility index (Phi) is 5.86. The second-order valence-corrected chi connectivity index (χ2v) is 7.24. The van der Waals surface area contributed by atoms with Gasteiger partial charge in [0.05, 0.1) is 11.7 Å². The molecular formula is C24H24N2O3. The summed E-state index contributed by atoms with van der Waals surface area (Å²) in [6, 6.07) is 17.2. The molecule has 0 radical (unpaired) electrons. The summed E-state index contributed by atoms with van der Waals surface area (Å²) in [4.78, 5) is 30.0. The highest BCUT2D eigenvalue weighted by molar-refractivity contribution is 6.06. The number of ether oxygens (including phenoxy) is 1. The van der Waals surface area contributed by atoms with Crippen LogP contribution in [0.25, 0.3) is 16.8 Å². The molecule has 1 saturated heterocycles. The molecule has 1 fully saturated rings. The Balaban J connectivity index is 1.61. The normalized spacial score (nSPS) is 16.5. The van der Waals surface area contributed by atoms with Crippen molar-refractivity contribution in [3.63, 3.8) is 0 Å². The average molecular weight is 388 g/mol. The third kappa shape index (κ3) is 4.46. The van der Waals surface area contributed by atoms with Crippen molar-refractivity contribution in [2.75, 3.05) is 19.7 Å². The lowest BCUT2D eigenvalue weighted by Crippen LogP contribution is -2.38. The van der Waals surface area contributed by atoms with Crippen molar-refractivity contribution in [1.29, 1.82) is 0 Å². The highest BCUT2D eigenvalue weighted by Crippen LogP contribution is 2.19. The first-order chi connectivity index (χ1) is 14.2. The minimum Gasteiger partial charge on any atom is -0.376 e. The monoisotopic (exact) mass is 388 g/mol. The first-order valence-electron chi connectivity index (χ1n) is 9.95. The summed E-state index contributed by atoms with van der Waals surface area (Å²) in [5.74, 6) is -0.106. The first kappa shape index (κ1) is 19.2. The van der Waals surface area contributed by atoms with Crippen LogP contribution in [0.2, 0.25) is 0 Å². The highest BCUT2D eigenvalue weighted by atomic mass is 16.5. The molecule has 2 heterocycles. The van der Waals surface area contributed by atoms with Crippen LogP contribution in [-0.2, 0) is 4.74 Å². The summed E-state index contributed by atoms with van der Waals surface area (Å²) in [7, 11) is 0. The zero-order valence-electron chi connectivity index (χ0n) is 16.2. The van der Waals surface area contributed by atoms with Crippen molar-refractivity contribution in [3.05, 3.63) is 88.4 Å². The van der Waals surface area contributed by atoms with Gasteiger partial charge in [0.1, 0.15) is 0 Å². The molecule has 1 aliphatic rings. The number of hydrogen-bond acceptors (Lipinski definition) is 3. The van der Waals surface area contributed by atoms with Gasteiger partial charge >= 0.3 is 0 Å². The molecule has 0 saturated carbocycles. The fourth-order valence-electron chi connectivity index (χ4n) is 3.71. The Hall–Kier alpha value is -3.18. The quantitative estimate of drug-likeness (QED) is 0.697. The molecule has 148 valence electrons. The average Bonchev–Trinajstić information content (AvgIpc) is 3.27. The smallest absolute Gasteiger partial charge is 0.256 e. The van der Waals surface area contributed by atoms with Gasteiger partial charge in [0.25, 0.3) is 11.5 Å². The minimum atomic E-state index is -0.188. The number of aromatic amines is 1. The maximum absolute atomic E-state index is 13.4. The largest absolute Gasteiger partial charge is 0.376 e. The standard InChI is InChI=1S/C24H24N2O3/c27-23-21-13-5-4-12-20(21)22(16-25-23)24(28)26(17-19-11-7-15-29-19)14-6-10-18-8-2-1-3-9-18/h1-6,8-10,12-13,16,19H,7,11,14-15,17H2,(H,25,27)/b10-6+. The van der Waals surface area contributed by atoms with E-state index in [1.54, 1.807) is 17.0 Å². The second kappa shape index (κ2) is 8.88. The van der Waals surface area contributed by atoms with Crippen molar-refractivity contribution >= 4 is 22.8 Å². The number of nitrogens with zero attached hydrogens (tertiary/aromatic N) is 1. The Morgan fingerprint density at radius 2 is 1.86 bits per heavy atom. The number of nitrogens with one attached hydrogen (secondary N) is 1. The SMILES string of the molecule is O=C(c1c[nH]c(=O)c2ccccc12)N(C/C=C/c1ccccc1)CC1CCCO1. The van der Waals surface area contributed by atoms with Gasteiger partial charge in [-0.2, -0.15) is 0 Å². The van der Waals surface area contributed by atoms with Crippen LogP contribution >= 0.6 is 0 Å². The Labute approximate surface area is 169 Å². The van der Waals surface area contributed by atoms with Crippen molar-refractivity contribution in [2.24, 2.45) is 0 Å². The van der Waals surface area contributed by atoms with E-state index in [9.17, 15) is 9.59 Å². The summed E-state index contributed by atoms with van der Waals surface area (Å²) in [6.07, 6.45) is 7.57. The number of pyridine rings is 1. The van der Waals surface area contributed by atoms with Gasteiger partial charge < -0.3 is 14.6 Å². The second-order valence-electron chi connectivity index (χ2n) is 7.24. The van der Waals surface area contributed by atoms with Crippen molar-refractivity contribution in [3.8, 4) is 0 Å². The van der Waals surface area contributed by atoms with Gasteiger partial charge in [-0.15, -0.1) is 0 Å². The van der Waals surface area contributed by atoms with Gasteiger partial charge in [0, 0.05) is 36.7 Å². The zero-order valence-corrected chi connectivity index (χ0v) is 16.2. The van der Waals surface area contributed by atoms with Gasteiger partial charge in [-0.25, -0.2) is 0 Å². The van der Waals surface area contributed by atoms with E-state index in [4.69, 9.17) is 4.74 Å². The molecule has 0 aliphatic carbocycles. The van der Waals surface area contributed by atoms with Gasteiger partial charge in [-0.3, -0.25) is 9.59 Å². The predicted molar refractivity (Wildman–Crippen MR) is 115 cm³/mol. The highest BCUT2D eigenvalue weighted by Gasteiger charge is 2.24. The molecule has 3 aromatic rings. The number of fused-ring (bicyclic) bond motifs is 1. The van der Waals surface area contributed by atoms with E-state index in [-0.39, 0.29) is 17.6 Å². The lowest BCUT2D eigenvalue weighted by atomic mass is 10.1. The summed E-state index contributed by atoms with van der Waals surface area (Å²) >= 11 is 0.